The summed E-state index contributed by atoms with van der Waals surface area (Å²) in [6, 6.07) is 75.0. The van der Waals surface area contributed by atoms with E-state index in [1.165, 1.54) is 78.4 Å². The van der Waals surface area contributed by atoms with Crippen LogP contribution in [-0.4, -0.2) is 4.98 Å². The van der Waals surface area contributed by atoms with Crippen molar-refractivity contribution in [2.75, 3.05) is 4.90 Å². The number of aromatic nitrogens is 1. The Labute approximate surface area is 359 Å². The third kappa shape index (κ3) is 6.01. The maximum absolute atomic E-state index is 5.21. The van der Waals surface area contributed by atoms with E-state index in [0.29, 0.717) is 0 Å². The highest BCUT2D eigenvalue weighted by molar-refractivity contribution is 7.27. The smallest absolute Gasteiger partial charge is 0.124 e. The van der Waals surface area contributed by atoms with E-state index in [0.717, 1.165) is 33.1 Å². The number of anilines is 3. The van der Waals surface area contributed by atoms with Crippen molar-refractivity contribution in [3.63, 3.8) is 0 Å². The van der Waals surface area contributed by atoms with Crippen molar-refractivity contribution < 1.29 is 0 Å². The molecule has 0 bridgehead atoms. The molecule has 0 N–H and O–H groups in total. The van der Waals surface area contributed by atoms with Crippen LogP contribution in [0.5, 0.6) is 0 Å². The molecule has 0 saturated heterocycles. The average molecular weight is 819 g/mol. The van der Waals surface area contributed by atoms with E-state index < -0.39 is 0 Å². The second-order valence-electron chi connectivity index (χ2n) is 15.1. The molecule has 3 heterocycles. The predicted octanol–water partition coefficient (Wildman–Crippen LogP) is 17.2. The summed E-state index contributed by atoms with van der Waals surface area (Å²) in [6.45, 7) is 0. The highest BCUT2D eigenvalue weighted by atomic mass is 32.1. The van der Waals surface area contributed by atoms with Crippen LogP contribution in [0.25, 0.3) is 94.5 Å². The Morgan fingerprint density at radius 1 is 0.317 bits per heavy atom. The third-order valence-electron chi connectivity index (χ3n) is 11.5. The zero-order valence-corrected chi connectivity index (χ0v) is 34.7. The minimum absolute atomic E-state index is 1.06. The summed E-state index contributed by atoms with van der Waals surface area (Å²) in [5.41, 5.74) is 12.8. The molecule has 0 aliphatic heterocycles. The molecule has 0 fully saturated rings. The number of thiophene rings is 2. The van der Waals surface area contributed by atoms with Gasteiger partial charge in [-0.05, 0) is 106 Å². The molecule has 12 aromatic rings. The van der Waals surface area contributed by atoms with E-state index in [1.807, 2.05) is 22.7 Å². The fourth-order valence-corrected chi connectivity index (χ4v) is 11.8. The molecule has 60 heavy (non-hydrogen) atoms. The first-order chi connectivity index (χ1) is 29.7. The Balaban J connectivity index is 0.930. The van der Waals surface area contributed by atoms with Gasteiger partial charge in [0, 0.05) is 63.0 Å². The quantitative estimate of drug-likeness (QED) is 0.159. The lowest BCUT2D eigenvalue weighted by atomic mass is 9.99. The minimum Gasteiger partial charge on any atom is -0.311 e. The lowest BCUT2D eigenvalue weighted by Crippen LogP contribution is -2.09. The number of hydrogen-bond donors (Lipinski definition) is 0. The fourth-order valence-electron chi connectivity index (χ4n) is 8.63. The Kier molecular flexibility index (Phi) is 8.44. The summed E-state index contributed by atoms with van der Waals surface area (Å²) in [4.78, 5) is 7.58. The van der Waals surface area contributed by atoms with Crippen molar-refractivity contribution in [2.24, 2.45) is 0 Å². The van der Waals surface area contributed by atoms with Crippen LogP contribution in [0.4, 0.5) is 17.1 Å². The van der Waals surface area contributed by atoms with Gasteiger partial charge >= 0.3 is 0 Å². The van der Waals surface area contributed by atoms with Crippen molar-refractivity contribution >= 4 is 102 Å². The molecule has 0 aliphatic carbocycles. The second kappa shape index (κ2) is 14.4. The molecular weight excluding hydrogens is 785 g/mol. The van der Waals surface area contributed by atoms with Gasteiger partial charge in [-0.25, -0.2) is 4.98 Å². The minimum atomic E-state index is 1.06. The maximum Gasteiger partial charge on any atom is 0.124 e. The molecule has 0 radical (unpaired) electrons. The Morgan fingerprint density at radius 3 is 1.52 bits per heavy atom. The molecule has 0 spiro atoms. The zero-order chi connectivity index (χ0) is 39.6. The van der Waals surface area contributed by atoms with Crippen molar-refractivity contribution in [3.05, 3.63) is 206 Å². The topological polar surface area (TPSA) is 16.1 Å². The van der Waals surface area contributed by atoms with Gasteiger partial charge in [0.1, 0.15) is 5.01 Å². The average Bonchev–Trinajstić information content (AvgIpc) is 4.04. The summed E-state index contributed by atoms with van der Waals surface area (Å²) in [6.07, 6.45) is 0. The molecule has 5 heteroatoms. The van der Waals surface area contributed by atoms with Gasteiger partial charge in [0.25, 0.3) is 0 Å². The standard InChI is InChI=1S/C55H34N2S3/c1-3-10-35(11-4-1)36-18-25-41(26-19-36)57(43-29-22-38(23-30-43)44-15-9-17-49-52(44)45-14-7-8-16-47(45)58-49)42-27-20-37(21-28-42)40-24-31-48-46(34-40)53-50(59-48)32-33-51-54(53)56-55(60-51)39-12-5-2-6-13-39/h1-34H. The number of hydrogen-bond acceptors (Lipinski definition) is 5. The first-order valence-corrected chi connectivity index (χ1v) is 22.5. The van der Waals surface area contributed by atoms with Crippen LogP contribution in [0.15, 0.2) is 206 Å². The van der Waals surface area contributed by atoms with Crippen LogP contribution < -0.4 is 4.90 Å². The number of benzene rings is 9. The van der Waals surface area contributed by atoms with E-state index in [1.54, 1.807) is 11.3 Å². The van der Waals surface area contributed by atoms with Gasteiger partial charge in [-0.15, -0.1) is 34.0 Å². The lowest BCUT2D eigenvalue weighted by molar-refractivity contribution is 1.28. The van der Waals surface area contributed by atoms with Crippen LogP contribution >= 0.6 is 34.0 Å². The molecule has 3 aromatic heterocycles. The fraction of sp³-hybridized carbons (Fsp3) is 0. The Bertz CT molecular complexity index is 3510. The summed E-state index contributed by atoms with van der Waals surface area (Å²) < 4.78 is 6.41. The van der Waals surface area contributed by atoms with Gasteiger partial charge < -0.3 is 4.90 Å². The van der Waals surface area contributed by atoms with Crippen LogP contribution in [-0.2, 0) is 0 Å². The molecule has 9 aromatic carbocycles. The van der Waals surface area contributed by atoms with E-state index in [2.05, 4.69) is 211 Å². The second-order valence-corrected chi connectivity index (χ2v) is 18.3. The first kappa shape index (κ1) is 35.1. The van der Waals surface area contributed by atoms with E-state index in [4.69, 9.17) is 4.98 Å². The van der Waals surface area contributed by atoms with E-state index >= 15 is 0 Å². The van der Waals surface area contributed by atoms with Crippen molar-refractivity contribution in [1.29, 1.82) is 0 Å². The van der Waals surface area contributed by atoms with Crippen molar-refractivity contribution in [2.45, 2.75) is 0 Å². The molecule has 0 unspecified atom stereocenters. The monoisotopic (exact) mass is 818 g/mol. The lowest BCUT2D eigenvalue weighted by Gasteiger charge is -2.26. The van der Waals surface area contributed by atoms with Crippen molar-refractivity contribution in [1.82, 2.24) is 4.98 Å². The molecule has 282 valence electrons. The molecule has 12 rings (SSSR count). The normalized spacial score (nSPS) is 11.7. The van der Waals surface area contributed by atoms with Gasteiger partial charge in [-0.1, -0.05) is 133 Å². The number of thiazole rings is 1. The Morgan fingerprint density at radius 2 is 0.817 bits per heavy atom. The summed E-state index contributed by atoms with van der Waals surface area (Å²) >= 11 is 5.48. The zero-order valence-electron chi connectivity index (χ0n) is 32.2. The van der Waals surface area contributed by atoms with Crippen LogP contribution in [0.1, 0.15) is 0 Å². The highest BCUT2D eigenvalue weighted by Crippen LogP contribution is 2.45. The number of rotatable bonds is 7. The summed E-state index contributed by atoms with van der Waals surface area (Å²) in [5.74, 6) is 0. The maximum atomic E-state index is 5.21. The molecule has 2 nitrogen and oxygen atoms in total. The van der Waals surface area contributed by atoms with Gasteiger partial charge in [-0.3, -0.25) is 0 Å². The SMILES string of the molecule is c1ccc(-c2ccc(N(c3ccc(-c4ccc5sc6ccc7sc(-c8ccccc8)nc7c6c5c4)cc3)c3ccc(-c4cccc5sc6ccccc6c45)cc3)cc2)cc1. The molecular formula is C55H34N2S3. The van der Waals surface area contributed by atoms with Crippen molar-refractivity contribution in [3.8, 4) is 44.0 Å². The van der Waals surface area contributed by atoms with Gasteiger partial charge in [0.2, 0.25) is 0 Å². The van der Waals surface area contributed by atoms with Crippen LogP contribution in [0.2, 0.25) is 0 Å². The predicted molar refractivity (Wildman–Crippen MR) is 262 cm³/mol. The van der Waals surface area contributed by atoms with Gasteiger partial charge in [0.05, 0.1) is 10.2 Å². The first-order valence-electron chi connectivity index (χ1n) is 20.1. The van der Waals surface area contributed by atoms with Crippen LogP contribution in [0.3, 0.4) is 0 Å². The summed E-state index contributed by atoms with van der Waals surface area (Å²) in [7, 11) is 0. The third-order valence-corrected chi connectivity index (χ3v) is 14.9. The largest absolute Gasteiger partial charge is 0.311 e. The van der Waals surface area contributed by atoms with E-state index in [9.17, 15) is 0 Å². The van der Waals surface area contributed by atoms with Gasteiger partial charge in [-0.2, -0.15) is 0 Å². The molecule has 0 saturated carbocycles. The van der Waals surface area contributed by atoms with Crippen LogP contribution in [0, 0.1) is 0 Å². The highest BCUT2D eigenvalue weighted by Gasteiger charge is 2.18. The number of fused-ring (bicyclic) bond motifs is 8. The summed E-state index contributed by atoms with van der Waals surface area (Å²) in [5, 5.41) is 6.22. The Hall–Kier alpha value is -6.89. The van der Waals surface area contributed by atoms with Gasteiger partial charge in [0.15, 0.2) is 0 Å². The molecule has 0 aliphatic rings. The number of nitrogens with zero attached hydrogens (tertiary/aromatic N) is 2. The molecule has 0 atom stereocenters. The molecule has 0 amide bonds. The van der Waals surface area contributed by atoms with E-state index in [-0.39, 0.29) is 0 Å².